The molecule has 0 N–H and O–H groups in total. The van der Waals surface area contributed by atoms with E-state index >= 15 is 0 Å². The molecular formula is C18H35BrSi. The Kier molecular flexibility index (Phi) is 8.24. The van der Waals surface area contributed by atoms with Crippen molar-refractivity contribution in [2.75, 3.05) is 5.33 Å². The second-order valence-corrected chi connectivity index (χ2v) is 11.8. The largest absolute Gasteiger partial charge is 0.0928 e. The molecule has 1 heterocycles. The van der Waals surface area contributed by atoms with Gasteiger partial charge in [-0.15, -0.1) is 0 Å². The van der Waals surface area contributed by atoms with Gasteiger partial charge in [0.15, 0.2) is 0 Å². The minimum Gasteiger partial charge on any atom is -0.0928 e. The Bertz CT molecular complexity index is 240. The number of hydrogen-bond acceptors (Lipinski definition) is 0. The van der Waals surface area contributed by atoms with Crippen molar-refractivity contribution in [3.05, 3.63) is 0 Å². The summed E-state index contributed by atoms with van der Waals surface area (Å²) in [6.45, 7) is 2.38. The van der Waals surface area contributed by atoms with Gasteiger partial charge in [-0.05, 0) is 37.0 Å². The zero-order valence-corrected chi connectivity index (χ0v) is 16.3. The third kappa shape index (κ3) is 5.48. The standard InChI is InChI=1S/C18H35BrSi/c1-2-13-20-14-10-18(11-15-20)17-8-6-16(7-9-17)5-3-4-12-19/h16-18,20H,2-15H2,1H3/t16-,17-,18?,20?. The van der Waals surface area contributed by atoms with Gasteiger partial charge in [-0.1, -0.05) is 85.9 Å². The molecule has 0 aromatic heterocycles. The van der Waals surface area contributed by atoms with E-state index in [0.29, 0.717) is 0 Å². The molecule has 0 unspecified atom stereocenters. The summed E-state index contributed by atoms with van der Waals surface area (Å²) in [5.74, 6) is 3.34. The van der Waals surface area contributed by atoms with E-state index in [1.165, 1.54) is 31.0 Å². The van der Waals surface area contributed by atoms with Crippen molar-refractivity contribution in [2.45, 2.75) is 89.3 Å². The molecule has 0 aromatic carbocycles. The fourth-order valence-corrected chi connectivity index (χ4v) is 8.71. The first kappa shape index (κ1) is 17.1. The zero-order chi connectivity index (χ0) is 14.2. The molecule has 2 heteroatoms. The highest BCUT2D eigenvalue weighted by atomic mass is 79.9. The Hall–Kier alpha value is 0.697. The number of halogens is 1. The maximum absolute atomic E-state index is 3.56. The first-order valence-corrected chi connectivity index (χ1v) is 13.0. The minimum atomic E-state index is -0.255. The van der Waals surface area contributed by atoms with Gasteiger partial charge in [0.1, 0.15) is 0 Å². The second-order valence-electron chi connectivity index (χ2n) is 7.54. The zero-order valence-electron chi connectivity index (χ0n) is 13.6. The summed E-state index contributed by atoms with van der Waals surface area (Å²) in [4.78, 5) is 0. The van der Waals surface area contributed by atoms with E-state index in [-0.39, 0.29) is 8.80 Å². The first-order valence-electron chi connectivity index (χ1n) is 9.39. The molecule has 20 heavy (non-hydrogen) atoms. The van der Waals surface area contributed by atoms with Gasteiger partial charge in [0, 0.05) is 14.1 Å². The molecule has 0 amide bonds. The Balaban J connectivity index is 1.62. The van der Waals surface area contributed by atoms with Crippen LogP contribution in [0.25, 0.3) is 0 Å². The number of rotatable bonds is 7. The van der Waals surface area contributed by atoms with Crippen LogP contribution < -0.4 is 0 Å². The number of hydrogen-bond donors (Lipinski definition) is 0. The smallest absolute Gasteiger partial charge is 0.0367 e. The highest BCUT2D eigenvalue weighted by molar-refractivity contribution is 9.09. The maximum atomic E-state index is 3.56. The van der Waals surface area contributed by atoms with Gasteiger partial charge in [-0.2, -0.15) is 0 Å². The Labute approximate surface area is 137 Å². The second kappa shape index (κ2) is 9.66. The molecule has 0 nitrogen and oxygen atoms in total. The lowest BCUT2D eigenvalue weighted by Crippen LogP contribution is -2.28. The van der Waals surface area contributed by atoms with Gasteiger partial charge in [-0.25, -0.2) is 0 Å². The Morgan fingerprint density at radius 2 is 1.55 bits per heavy atom. The average molecular weight is 359 g/mol. The van der Waals surface area contributed by atoms with E-state index in [1.54, 1.807) is 56.7 Å². The van der Waals surface area contributed by atoms with Crippen LogP contribution in [0, 0.1) is 17.8 Å². The van der Waals surface area contributed by atoms with E-state index in [4.69, 9.17) is 0 Å². The van der Waals surface area contributed by atoms with Crippen LogP contribution in [-0.4, -0.2) is 14.1 Å². The molecule has 1 aliphatic heterocycles. The van der Waals surface area contributed by atoms with E-state index < -0.39 is 0 Å². The molecule has 1 saturated carbocycles. The van der Waals surface area contributed by atoms with Crippen molar-refractivity contribution in [3.8, 4) is 0 Å². The number of unbranched alkanes of at least 4 members (excludes halogenated alkanes) is 1. The van der Waals surface area contributed by atoms with Crippen LogP contribution in [0.2, 0.25) is 18.1 Å². The SMILES string of the molecule is CCC[SiH]1CCC([C@H]2CC[C@H](CCCCBr)CC2)CC1. The summed E-state index contributed by atoms with van der Waals surface area (Å²) < 4.78 is 0. The molecule has 118 valence electrons. The third-order valence-corrected chi connectivity index (χ3v) is 10.4. The van der Waals surface area contributed by atoms with Crippen LogP contribution in [0.4, 0.5) is 0 Å². The summed E-state index contributed by atoms with van der Waals surface area (Å²) in [5.41, 5.74) is 0. The Morgan fingerprint density at radius 3 is 2.15 bits per heavy atom. The molecular weight excluding hydrogens is 324 g/mol. The number of alkyl halides is 1. The van der Waals surface area contributed by atoms with Gasteiger partial charge in [0.2, 0.25) is 0 Å². The molecule has 0 atom stereocenters. The van der Waals surface area contributed by atoms with Crippen molar-refractivity contribution in [3.63, 3.8) is 0 Å². The van der Waals surface area contributed by atoms with Crippen LogP contribution in [0.15, 0.2) is 0 Å². The van der Waals surface area contributed by atoms with Crippen LogP contribution in [0.5, 0.6) is 0 Å². The van der Waals surface area contributed by atoms with Gasteiger partial charge in [-0.3, -0.25) is 0 Å². The molecule has 0 aromatic rings. The van der Waals surface area contributed by atoms with Crippen LogP contribution >= 0.6 is 15.9 Å². The van der Waals surface area contributed by atoms with Gasteiger partial charge < -0.3 is 0 Å². The van der Waals surface area contributed by atoms with Crippen LogP contribution in [0.3, 0.4) is 0 Å². The van der Waals surface area contributed by atoms with Gasteiger partial charge in [0.05, 0.1) is 0 Å². The van der Waals surface area contributed by atoms with Gasteiger partial charge >= 0.3 is 0 Å². The molecule has 0 bridgehead atoms. The average Bonchev–Trinajstić information content (AvgIpc) is 2.49. The fourth-order valence-electron chi connectivity index (χ4n) is 4.83. The molecule has 2 aliphatic rings. The predicted molar refractivity (Wildman–Crippen MR) is 97.7 cm³/mol. The monoisotopic (exact) mass is 358 g/mol. The highest BCUT2D eigenvalue weighted by Gasteiger charge is 2.30. The van der Waals surface area contributed by atoms with E-state index in [2.05, 4.69) is 22.9 Å². The van der Waals surface area contributed by atoms with Crippen molar-refractivity contribution in [1.82, 2.24) is 0 Å². The predicted octanol–water partition coefficient (Wildman–Crippen LogP) is 6.41. The molecule has 2 fully saturated rings. The van der Waals surface area contributed by atoms with Crippen molar-refractivity contribution < 1.29 is 0 Å². The molecule has 1 saturated heterocycles. The molecule has 1 aliphatic carbocycles. The lowest BCUT2D eigenvalue weighted by atomic mass is 9.73. The minimum absolute atomic E-state index is 0.255. The summed E-state index contributed by atoms with van der Waals surface area (Å²) in [5, 5.41) is 1.20. The molecule has 0 spiro atoms. The van der Waals surface area contributed by atoms with Crippen molar-refractivity contribution in [1.29, 1.82) is 0 Å². The fraction of sp³-hybridized carbons (Fsp3) is 1.00. The van der Waals surface area contributed by atoms with E-state index in [1.807, 2.05) is 0 Å². The lowest BCUT2D eigenvalue weighted by molar-refractivity contribution is 0.184. The topological polar surface area (TPSA) is 0 Å². The molecule has 2 rings (SSSR count). The summed E-state index contributed by atoms with van der Waals surface area (Å²) in [6.07, 6.45) is 15.3. The maximum Gasteiger partial charge on any atom is 0.0367 e. The van der Waals surface area contributed by atoms with Crippen molar-refractivity contribution in [2.24, 2.45) is 17.8 Å². The highest BCUT2D eigenvalue weighted by Crippen LogP contribution is 2.41. The van der Waals surface area contributed by atoms with E-state index in [0.717, 1.165) is 17.8 Å². The quantitative estimate of drug-likeness (QED) is 0.280. The summed E-state index contributed by atoms with van der Waals surface area (Å²) >= 11 is 3.56. The molecule has 0 radical (unpaired) electrons. The van der Waals surface area contributed by atoms with E-state index in [9.17, 15) is 0 Å². The normalized spacial score (nSPS) is 35.1. The van der Waals surface area contributed by atoms with Crippen LogP contribution in [0.1, 0.15) is 71.1 Å². The summed E-state index contributed by atoms with van der Waals surface area (Å²) in [6, 6.07) is 5.00. The van der Waals surface area contributed by atoms with Gasteiger partial charge in [0.25, 0.3) is 0 Å². The van der Waals surface area contributed by atoms with Crippen LogP contribution in [-0.2, 0) is 0 Å². The third-order valence-electron chi connectivity index (χ3n) is 6.14. The van der Waals surface area contributed by atoms with Crippen molar-refractivity contribution >= 4 is 24.7 Å². The lowest BCUT2D eigenvalue weighted by Gasteiger charge is -2.37. The Morgan fingerprint density at radius 1 is 0.900 bits per heavy atom. The summed E-state index contributed by atoms with van der Waals surface area (Å²) in [7, 11) is -0.255. The first-order chi connectivity index (χ1) is 9.83.